The zero-order valence-corrected chi connectivity index (χ0v) is 18.9. The first-order valence-electron chi connectivity index (χ1n) is 10.9. The Bertz CT molecular complexity index is 1310. The summed E-state index contributed by atoms with van der Waals surface area (Å²) in [6, 6.07) is 16.9. The van der Waals surface area contributed by atoms with E-state index < -0.39 is 0 Å². The zero-order valence-electron chi connectivity index (χ0n) is 18.9. The third-order valence-electron chi connectivity index (χ3n) is 5.17. The fraction of sp³-hybridized carbons (Fsp3) is 0.185. The molecule has 1 aromatic heterocycles. The Morgan fingerprint density at radius 2 is 1.91 bits per heavy atom. The quantitative estimate of drug-likeness (QED) is 0.475. The van der Waals surface area contributed by atoms with Crippen LogP contribution in [0.15, 0.2) is 89.8 Å². The molecule has 0 aliphatic rings. The van der Waals surface area contributed by atoms with Gasteiger partial charge in [-0.25, -0.2) is 9.37 Å². The van der Waals surface area contributed by atoms with Crippen molar-refractivity contribution in [1.82, 2.24) is 15.3 Å². The smallest absolute Gasteiger partial charge is 0.153 e. The highest BCUT2D eigenvalue weighted by molar-refractivity contribution is 5.51. The Morgan fingerprint density at radius 3 is 2.61 bits per heavy atom. The highest BCUT2D eigenvalue weighted by atomic mass is 19.1. The second-order valence-electron chi connectivity index (χ2n) is 7.68. The largest absolute Gasteiger partial charge is 0.396 e. The maximum Gasteiger partial charge on any atom is 0.153 e. The summed E-state index contributed by atoms with van der Waals surface area (Å²) in [7, 11) is 0. The van der Waals surface area contributed by atoms with Gasteiger partial charge in [0.25, 0.3) is 0 Å². The van der Waals surface area contributed by atoms with E-state index in [1.807, 2.05) is 31.2 Å². The Morgan fingerprint density at radius 1 is 1.18 bits per heavy atom. The third-order valence-corrected chi connectivity index (χ3v) is 5.17. The van der Waals surface area contributed by atoms with Gasteiger partial charge in [0.2, 0.25) is 0 Å². The number of allylic oxidation sites excluding steroid dienone is 2. The van der Waals surface area contributed by atoms with Gasteiger partial charge in [-0.1, -0.05) is 68.6 Å². The summed E-state index contributed by atoms with van der Waals surface area (Å²) in [5, 5.41) is 4.47. The number of nitrogens with one attached hydrogen (secondary N) is 2. The molecule has 0 spiro atoms. The average molecular weight is 444 g/mol. The first-order chi connectivity index (χ1) is 16.0. The predicted molar refractivity (Wildman–Crippen MR) is 132 cm³/mol. The van der Waals surface area contributed by atoms with Gasteiger partial charge in [-0.3, -0.25) is 4.99 Å². The second-order valence-corrected chi connectivity index (χ2v) is 7.68. The second kappa shape index (κ2) is 11.6. The number of benzene rings is 2. The van der Waals surface area contributed by atoms with Crippen LogP contribution in [0.2, 0.25) is 0 Å². The van der Waals surface area contributed by atoms with E-state index in [2.05, 4.69) is 45.6 Å². The SMILES string of the molecule is C=C(CCc1ccccc1)N=c1cnc(=C(N)/C=C(/CC)NCc2ccccc2F)[nH]c1=C. The van der Waals surface area contributed by atoms with Crippen molar-refractivity contribution in [3.8, 4) is 0 Å². The van der Waals surface area contributed by atoms with Gasteiger partial charge in [-0.2, -0.15) is 0 Å². The molecule has 6 heteroatoms. The van der Waals surface area contributed by atoms with E-state index in [4.69, 9.17) is 5.73 Å². The summed E-state index contributed by atoms with van der Waals surface area (Å²) in [6.45, 7) is 10.5. The van der Waals surface area contributed by atoms with Crippen LogP contribution in [-0.2, 0) is 13.0 Å². The maximum atomic E-state index is 13.9. The van der Waals surface area contributed by atoms with E-state index >= 15 is 0 Å². The molecule has 4 N–H and O–H groups in total. The first-order valence-corrected chi connectivity index (χ1v) is 10.9. The Labute approximate surface area is 193 Å². The van der Waals surface area contributed by atoms with E-state index in [1.54, 1.807) is 24.4 Å². The molecule has 170 valence electrons. The Hall–Kier alpha value is -3.93. The normalized spacial score (nSPS) is 13.0. The van der Waals surface area contributed by atoms with Gasteiger partial charge in [-0.15, -0.1) is 0 Å². The van der Waals surface area contributed by atoms with Crippen LogP contribution in [0.4, 0.5) is 4.39 Å². The van der Waals surface area contributed by atoms with E-state index in [0.717, 1.165) is 24.2 Å². The molecule has 0 fully saturated rings. The Kier molecular flexibility index (Phi) is 8.36. The van der Waals surface area contributed by atoms with Gasteiger partial charge in [0.1, 0.15) is 11.2 Å². The summed E-state index contributed by atoms with van der Waals surface area (Å²) in [5.41, 5.74) is 10.7. The molecule has 1 heterocycles. The summed E-state index contributed by atoms with van der Waals surface area (Å²) in [4.78, 5) is 12.1. The van der Waals surface area contributed by atoms with Crippen LogP contribution in [0.25, 0.3) is 12.3 Å². The molecule has 0 aliphatic heterocycles. The van der Waals surface area contributed by atoms with Gasteiger partial charge >= 0.3 is 0 Å². The maximum absolute atomic E-state index is 13.9. The monoisotopic (exact) mass is 443 g/mol. The fourth-order valence-electron chi connectivity index (χ4n) is 3.23. The molecule has 0 saturated carbocycles. The third kappa shape index (κ3) is 7.04. The van der Waals surface area contributed by atoms with Crippen molar-refractivity contribution in [3.63, 3.8) is 0 Å². The molecule has 0 saturated heterocycles. The van der Waals surface area contributed by atoms with Crippen LogP contribution in [-0.4, -0.2) is 9.97 Å². The minimum Gasteiger partial charge on any atom is -0.396 e. The first kappa shape index (κ1) is 23.7. The number of H-pyrrole nitrogens is 1. The van der Waals surface area contributed by atoms with Crippen molar-refractivity contribution in [2.45, 2.75) is 32.7 Å². The molecule has 33 heavy (non-hydrogen) atoms. The molecule has 0 aliphatic carbocycles. The van der Waals surface area contributed by atoms with Crippen molar-refractivity contribution in [2.24, 2.45) is 10.7 Å². The van der Waals surface area contributed by atoms with E-state index in [9.17, 15) is 4.39 Å². The molecular weight excluding hydrogens is 413 g/mol. The standard InChI is InChI=1S/C27H30FN5/c1-4-23(30-17-22-12-8-9-13-24(22)28)16-25(29)27-31-18-26(20(3)33-27)32-19(2)14-15-21-10-6-5-7-11-21/h5-13,16,18,30,33H,2-4,14-15,17,29H2,1H3/b23-16-,27-25?,32-26?. The van der Waals surface area contributed by atoms with Crippen molar-refractivity contribution < 1.29 is 4.39 Å². The minimum atomic E-state index is -0.237. The Balaban J connectivity index is 1.73. The molecule has 2 aromatic carbocycles. The lowest BCUT2D eigenvalue weighted by Gasteiger charge is -2.10. The molecular formula is C27H30FN5. The number of halogens is 1. The summed E-state index contributed by atoms with van der Waals surface area (Å²) < 4.78 is 13.9. The van der Waals surface area contributed by atoms with E-state index in [0.29, 0.717) is 40.4 Å². The number of hydrogen-bond donors (Lipinski definition) is 3. The summed E-state index contributed by atoms with van der Waals surface area (Å²) >= 11 is 0. The van der Waals surface area contributed by atoms with Crippen molar-refractivity contribution >= 4 is 12.3 Å². The lowest BCUT2D eigenvalue weighted by molar-refractivity contribution is 0.599. The van der Waals surface area contributed by atoms with E-state index in [-0.39, 0.29) is 5.82 Å². The van der Waals surface area contributed by atoms with Gasteiger partial charge in [-0.05, 0) is 37.0 Å². The van der Waals surface area contributed by atoms with Gasteiger partial charge in [0.05, 0.1) is 17.2 Å². The number of aromatic nitrogens is 2. The lowest BCUT2D eigenvalue weighted by atomic mass is 10.1. The van der Waals surface area contributed by atoms with Gasteiger partial charge in [0, 0.05) is 23.5 Å². The number of rotatable bonds is 9. The molecule has 0 atom stereocenters. The highest BCUT2D eigenvalue weighted by Gasteiger charge is 2.02. The van der Waals surface area contributed by atoms with Crippen molar-refractivity contribution in [1.29, 1.82) is 0 Å². The predicted octanol–water partition coefficient (Wildman–Crippen LogP) is 3.16. The number of nitrogens with zero attached hydrogens (tertiary/aromatic N) is 2. The number of hydrogen-bond acceptors (Lipinski definition) is 4. The molecule has 3 aromatic rings. The van der Waals surface area contributed by atoms with Crippen LogP contribution in [0.5, 0.6) is 0 Å². The van der Waals surface area contributed by atoms with Gasteiger partial charge in [0.15, 0.2) is 5.48 Å². The molecule has 3 rings (SSSR count). The van der Waals surface area contributed by atoms with Crippen LogP contribution < -0.4 is 27.2 Å². The molecule has 0 radical (unpaired) electrons. The number of aryl methyl sites for hydroxylation is 1. The summed E-state index contributed by atoms with van der Waals surface area (Å²) in [5.74, 6) is -0.237. The number of nitrogens with two attached hydrogens (primary N) is 1. The topological polar surface area (TPSA) is 79.1 Å². The lowest BCUT2D eigenvalue weighted by Crippen LogP contribution is -2.37. The van der Waals surface area contributed by atoms with Crippen molar-refractivity contribution in [3.05, 3.63) is 118 Å². The number of aromatic amines is 1. The fourth-order valence-corrected chi connectivity index (χ4v) is 3.23. The summed E-state index contributed by atoms with van der Waals surface area (Å²) in [6.07, 6.45) is 5.77. The van der Waals surface area contributed by atoms with Gasteiger partial charge < -0.3 is 16.0 Å². The highest BCUT2D eigenvalue weighted by Crippen LogP contribution is 2.09. The van der Waals surface area contributed by atoms with Crippen LogP contribution in [0.1, 0.15) is 30.9 Å². The van der Waals surface area contributed by atoms with Crippen LogP contribution in [0.3, 0.4) is 0 Å². The zero-order chi connectivity index (χ0) is 23.6. The van der Waals surface area contributed by atoms with E-state index in [1.165, 1.54) is 11.6 Å². The van der Waals surface area contributed by atoms with Crippen molar-refractivity contribution in [2.75, 3.05) is 0 Å². The average Bonchev–Trinajstić information content (AvgIpc) is 2.83. The minimum absolute atomic E-state index is 0.237. The molecule has 5 nitrogen and oxygen atoms in total. The molecule has 0 bridgehead atoms. The molecule has 0 amide bonds. The van der Waals surface area contributed by atoms with Crippen LogP contribution in [0, 0.1) is 5.82 Å². The van der Waals surface area contributed by atoms with Crippen LogP contribution >= 0.6 is 0 Å². The molecule has 0 unspecified atom stereocenters.